The van der Waals surface area contributed by atoms with Crippen molar-refractivity contribution in [3.63, 3.8) is 0 Å². The quantitative estimate of drug-likeness (QED) is 0.309. The Labute approximate surface area is 181 Å². The van der Waals surface area contributed by atoms with Gasteiger partial charge in [-0.1, -0.05) is 35.3 Å². The average Bonchev–Trinajstić information content (AvgIpc) is 3.07. The Morgan fingerprint density at radius 1 is 0.900 bits per heavy atom. The number of aromatic nitrogens is 2. The van der Waals surface area contributed by atoms with E-state index >= 15 is 0 Å². The van der Waals surface area contributed by atoms with E-state index in [0.717, 1.165) is 0 Å². The molecule has 4 aromatic rings. The van der Waals surface area contributed by atoms with Gasteiger partial charge in [0.05, 0.1) is 21.0 Å². The molecule has 0 unspecified atom stereocenters. The number of benzene rings is 3. The summed E-state index contributed by atoms with van der Waals surface area (Å²) in [6.07, 6.45) is 0. The smallest absolute Gasteiger partial charge is 0.323 e. The van der Waals surface area contributed by atoms with Crippen molar-refractivity contribution in [1.82, 2.24) is 9.97 Å². The van der Waals surface area contributed by atoms with Crippen LogP contribution in [0.2, 0.25) is 10.0 Å². The number of imidazole rings is 1. The van der Waals surface area contributed by atoms with Crippen LogP contribution in [0.4, 0.5) is 5.69 Å². The molecule has 3 aromatic carbocycles. The number of fused-ring (bicyclic) bond motifs is 1. The molecule has 0 fully saturated rings. The van der Waals surface area contributed by atoms with E-state index in [0.29, 0.717) is 32.3 Å². The van der Waals surface area contributed by atoms with E-state index in [1.807, 2.05) is 0 Å². The van der Waals surface area contributed by atoms with Crippen LogP contribution in [-0.2, 0) is 10.0 Å². The van der Waals surface area contributed by atoms with Gasteiger partial charge in [0.25, 0.3) is 10.0 Å². The maximum Gasteiger partial charge on any atom is 0.323 e. The summed E-state index contributed by atoms with van der Waals surface area (Å²) >= 11 is 12.1. The number of halogens is 2. The Kier molecular flexibility index (Phi) is 5.38. The lowest BCUT2D eigenvalue weighted by molar-refractivity contribution is 0.598. The lowest BCUT2D eigenvalue weighted by atomic mass is 10.2. The third-order valence-electron chi connectivity index (χ3n) is 4.23. The number of nitrogens with one attached hydrogen (secondary N) is 3. The lowest BCUT2D eigenvalue weighted by Crippen LogP contribution is -2.17. The summed E-state index contributed by atoms with van der Waals surface area (Å²) in [7, 11) is -4.06. The molecular weight excluding hydrogens is 447 g/mol. The first-order chi connectivity index (χ1) is 14.3. The summed E-state index contributed by atoms with van der Waals surface area (Å²) in [5.41, 5.74) is 1.76. The highest BCUT2D eigenvalue weighted by Gasteiger charge is 2.17. The predicted molar refractivity (Wildman–Crippen MR) is 119 cm³/mol. The van der Waals surface area contributed by atoms with Gasteiger partial charge in [-0.2, -0.15) is 8.42 Å². The van der Waals surface area contributed by atoms with Gasteiger partial charge in [0.2, 0.25) is 0 Å². The summed E-state index contributed by atoms with van der Waals surface area (Å²) in [4.78, 5) is 16.8. The molecule has 0 aliphatic carbocycles. The van der Waals surface area contributed by atoms with Crippen molar-refractivity contribution in [2.45, 2.75) is 4.90 Å². The van der Waals surface area contributed by atoms with Crippen molar-refractivity contribution in [1.29, 1.82) is 0 Å². The fourth-order valence-corrected chi connectivity index (χ4v) is 4.14. The maximum absolute atomic E-state index is 12.9. The lowest BCUT2D eigenvalue weighted by Gasteiger charge is -2.12. The fourth-order valence-electron chi connectivity index (χ4n) is 2.82. The summed E-state index contributed by atoms with van der Waals surface area (Å²) in [6.45, 7) is 0. The number of hydrogen-bond acceptors (Lipinski definition) is 3. The van der Waals surface area contributed by atoms with Crippen LogP contribution in [0.3, 0.4) is 0 Å². The van der Waals surface area contributed by atoms with Gasteiger partial charge in [-0.05, 0) is 54.6 Å². The molecule has 0 bridgehead atoms. The van der Waals surface area contributed by atoms with Crippen LogP contribution < -0.4 is 11.0 Å². The van der Waals surface area contributed by atoms with Crippen LogP contribution in [0.5, 0.6) is 0 Å². The monoisotopic (exact) mass is 460 g/mol. The highest BCUT2D eigenvalue weighted by atomic mass is 35.5. The molecule has 3 N–H and O–H groups in total. The third kappa shape index (κ3) is 4.25. The van der Waals surface area contributed by atoms with Crippen LogP contribution in [0, 0.1) is 0 Å². The number of hydrogen-bond donors (Lipinski definition) is 3. The Bertz CT molecular complexity index is 1420. The Hall–Kier alpha value is -3.07. The van der Waals surface area contributed by atoms with Crippen molar-refractivity contribution in [3.8, 4) is 0 Å². The molecule has 152 valence electrons. The van der Waals surface area contributed by atoms with E-state index in [1.165, 1.54) is 24.3 Å². The molecular formula is C20H14Cl2N4O3S. The van der Waals surface area contributed by atoms with Crippen LogP contribution in [0.15, 0.2) is 80.8 Å². The Balaban J connectivity index is 1.81. The zero-order valence-corrected chi connectivity index (χ0v) is 17.5. The summed E-state index contributed by atoms with van der Waals surface area (Å²) in [6, 6.07) is 17.5. The van der Waals surface area contributed by atoms with Crippen LogP contribution in [-0.4, -0.2) is 24.2 Å². The van der Waals surface area contributed by atoms with Gasteiger partial charge in [-0.15, -0.1) is 4.40 Å². The van der Waals surface area contributed by atoms with Crippen molar-refractivity contribution in [3.05, 3.63) is 92.8 Å². The second-order valence-corrected chi connectivity index (χ2v) is 8.76. The molecule has 1 aromatic heterocycles. The van der Waals surface area contributed by atoms with E-state index in [-0.39, 0.29) is 16.4 Å². The minimum atomic E-state index is -4.06. The minimum absolute atomic E-state index is 0.0105. The first-order valence-electron chi connectivity index (χ1n) is 8.66. The average molecular weight is 461 g/mol. The van der Waals surface area contributed by atoms with Gasteiger partial charge >= 0.3 is 5.69 Å². The van der Waals surface area contributed by atoms with Gasteiger partial charge in [0.15, 0.2) is 5.84 Å². The van der Waals surface area contributed by atoms with Gasteiger partial charge in [0, 0.05) is 16.3 Å². The van der Waals surface area contributed by atoms with Crippen LogP contribution >= 0.6 is 23.2 Å². The summed E-state index contributed by atoms with van der Waals surface area (Å²) < 4.78 is 29.7. The van der Waals surface area contributed by atoms with Crippen molar-refractivity contribution >= 4 is 55.8 Å². The number of aromatic amines is 2. The molecule has 1 heterocycles. The second kappa shape index (κ2) is 7.98. The van der Waals surface area contributed by atoms with Gasteiger partial charge in [-0.3, -0.25) is 0 Å². The molecule has 30 heavy (non-hydrogen) atoms. The number of nitrogens with zero attached hydrogens (tertiary/aromatic N) is 1. The molecule has 0 atom stereocenters. The zero-order valence-electron chi connectivity index (χ0n) is 15.2. The van der Waals surface area contributed by atoms with E-state index in [4.69, 9.17) is 23.2 Å². The van der Waals surface area contributed by atoms with Crippen molar-refractivity contribution in [2.24, 2.45) is 4.40 Å². The van der Waals surface area contributed by atoms with Crippen molar-refractivity contribution in [2.75, 3.05) is 5.32 Å². The molecule has 0 saturated carbocycles. The molecule has 0 amide bonds. The largest absolute Gasteiger partial charge is 0.339 e. The zero-order chi connectivity index (χ0) is 21.3. The molecule has 4 rings (SSSR count). The van der Waals surface area contributed by atoms with Crippen LogP contribution in [0.1, 0.15) is 5.56 Å². The number of amidine groups is 1. The number of H-pyrrole nitrogens is 2. The second-order valence-electron chi connectivity index (χ2n) is 6.31. The summed E-state index contributed by atoms with van der Waals surface area (Å²) in [5, 5.41) is 3.74. The standard InChI is InChI=1S/C20H14Cl2N4O3S/c21-12-5-8-14(9-6-12)30(28,29)26-19(15-3-1-2-4-16(15)22)23-13-7-10-17-18(11-13)25-20(27)24-17/h1-11H,(H,23,26)(H2,24,25,27). The third-order valence-corrected chi connectivity index (χ3v) is 6.10. The minimum Gasteiger partial charge on any atom is -0.339 e. The van der Waals surface area contributed by atoms with E-state index in [9.17, 15) is 13.2 Å². The first-order valence-corrected chi connectivity index (χ1v) is 10.9. The topological polar surface area (TPSA) is 107 Å². The van der Waals surface area contributed by atoms with E-state index in [2.05, 4.69) is 19.7 Å². The first kappa shape index (κ1) is 20.2. The molecule has 0 aliphatic rings. The molecule has 7 nitrogen and oxygen atoms in total. The number of sulfonamides is 1. The highest BCUT2D eigenvalue weighted by molar-refractivity contribution is 7.90. The Morgan fingerprint density at radius 2 is 1.60 bits per heavy atom. The van der Waals surface area contributed by atoms with Crippen LogP contribution in [0.25, 0.3) is 11.0 Å². The fraction of sp³-hybridized carbons (Fsp3) is 0. The number of rotatable bonds is 4. The molecule has 0 aliphatic heterocycles. The van der Waals surface area contributed by atoms with E-state index < -0.39 is 10.0 Å². The Morgan fingerprint density at radius 3 is 2.33 bits per heavy atom. The predicted octanol–water partition coefficient (Wildman–Crippen LogP) is 4.41. The van der Waals surface area contributed by atoms with Gasteiger partial charge in [0.1, 0.15) is 0 Å². The molecule has 0 saturated heterocycles. The van der Waals surface area contributed by atoms with Gasteiger partial charge in [-0.25, -0.2) is 4.79 Å². The molecule has 0 radical (unpaired) electrons. The number of anilines is 1. The SMILES string of the molecule is O=c1[nH]c2ccc(N/C(=N\S(=O)(=O)c3ccc(Cl)cc3)c3ccccc3Cl)cc2[nH]1. The normalized spacial score (nSPS) is 12.3. The highest BCUT2D eigenvalue weighted by Crippen LogP contribution is 2.23. The van der Waals surface area contributed by atoms with Gasteiger partial charge < -0.3 is 15.3 Å². The summed E-state index contributed by atoms with van der Waals surface area (Å²) in [5.74, 6) is 0.0350. The molecule has 10 heteroatoms. The molecule has 0 spiro atoms. The van der Waals surface area contributed by atoms with Crippen molar-refractivity contribution < 1.29 is 8.42 Å². The van der Waals surface area contributed by atoms with E-state index in [1.54, 1.807) is 42.5 Å². The maximum atomic E-state index is 12.9.